The Bertz CT molecular complexity index is 507. The molecule has 0 bridgehead atoms. The van der Waals surface area contributed by atoms with E-state index in [1.807, 2.05) is 32.0 Å². The normalized spacial score (nSPS) is 9.85. The zero-order chi connectivity index (χ0) is 15.0. The van der Waals surface area contributed by atoms with Gasteiger partial charge in [-0.3, -0.25) is 4.98 Å². The second kappa shape index (κ2) is 9.19. The maximum Gasteiger partial charge on any atom is 0.0731 e. The number of pyridine rings is 1. The van der Waals surface area contributed by atoms with Gasteiger partial charge >= 0.3 is 0 Å². The van der Waals surface area contributed by atoms with Crippen molar-refractivity contribution in [3.05, 3.63) is 51.6 Å². The van der Waals surface area contributed by atoms with Gasteiger partial charge in [-0.05, 0) is 38.1 Å². The van der Waals surface area contributed by atoms with Gasteiger partial charge in [-0.15, -0.1) is 0 Å². The monoisotopic (exact) mass is 331 g/mol. The predicted octanol–water partition coefficient (Wildman–Crippen LogP) is 5.75. The van der Waals surface area contributed by atoms with E-state index < -0.39 is 0 Å². The maximum absolute atomic E-state index is 6.06. The summed E-state index contributed by atoms with van der Waals surface area (Å²) in [6.45, 7) is 5.67. The van der Waals surface area contributed by atoms with Crippen LogP contribution in [-0.2, 0) is 4.74 Å². The summed E-state index contributed by atoms with van der Waals surface area (Å²) in [7, 11) is 0. The lowest BCUT2D eigenvalue weighted by atomic mass is 10.1. The number of aromatic nitrogens is 1. The van der Waals surface area contributed by atoms with Gasteiger partial charge in [0, 0.05) is 30.0 Å². The molecule has 0 aliphatic carbocycles. The Labute approximate surface area is 134 Å². The second-order valence-corrected chi connectivity index (χ2v) is 4.99. The summed E-state index contributed by atoms with van der Waals surface area (Å²) in [5.41, 5.74) is 1.45. The topological polar surface area (TPSA) is 22.1 Å². The number of ether oxygens (including phenoxy) is 1. The van der Waals surface area contributed by atoms with Gasteiger partial charge in [-0.25, -0.2) is 0 Å². The molecular formula is C15H16Cl3NO. The number of nitrogens with zero attached hydrogens (tertiary/aromatic N) is 1. The summed E-state index contributed by atoms with van der Waals surface area (Å²) in [5.74, 6) is 0. The number of rotatable bonds is 3. The van der Waals surface area contributed by atoms with Crippen LogP contribution in [0.3, 0.4) is 0 Å². The average molecular weight is 333 g/mol. The molecule has 2 aromatic rings. The summed E-state index contributed by atoms with van der Waals surface area (Å²) in [6.07, 6.45) is 1.69. The SMILES string of the molecule is CCOCC.Clc1cc(Cl)c(-c2ccccn2)c(Cl)c1. The Morgan fingerprint density at radius 1 is 1.00 bits per heavy atom. The van der Waals surface area contributed by atoms with E-state index >= 15 is 0 Å². The summed E-state index contributed by atoms with van der Waals surface area (Å²) in [4.78, 5) is 4.19. The van der Waals surface area contributed by atoms with Crippen molar-refractivity contribution >= 4 is 34.8 Å². The van der Waals surface area contributed by atoms with Crippen molar-refractivity contribution < 1.29 is 4.74 Å². The molecular weight excluding hydrogens is 317 g/mol. The Morgan fingerprint density at radius 3 is 2.00 bits per heavy atom. The molecule has 2 rings (SSSR count). The van der Waals surface area contributed by atoms with Gasteiger partial charge in [-0.1, -0.05) is 40.9 Å². The third-order valence-corrected chi connectivity index (χ3v) is 3.15. The largest absolute Gasteiger partial charge is 0.382 e. The average Bonchev–Trinajstić information content (AvgIpc) is 2.40. The molecule has 0 spiro atoms. The molecule has 0 N–H and O–H groups in total. The van der Waals surface area contributed by atoms with Crippen molar-refractivity contribution in [2.45, 2.75) is 13.8 Å². The molecule has 0 radical (unpaired) electrons. The molecule has 1 aromatic carbocycles. The van der Waals surface area contributed by atoms with Crippen LogP contribution in [0.25, 0.3) is 11.3 Å². The van der Waals surface area contributed by atoms with Gasteiger partial charge in [0.25, 0.3) is 0 Å². The summed E-state index contributed by atoms with van der Waals surface area (Å²) >= 11 is 17.9. The zero-order valence-corrected chi connectivity index (χ0v) is 13.6. The second-order valence-electron chi connectivity index (χ2n) is 3.74. The molecule has 0 aliphatic rings. The van der Waals surface area contributed by atoms with Gasteiger partial charge in [0.2, 0.25) is 0 Å². The highest BCUT2D eigenvalue weighted by Gasteiger charge is 2.10. The van der Waals surface area contributed by atoms with Crippen molar-refractivity contribution in [3.8, 4) is 11.3 Å². The lowest BCUT2D eigenvalue weighted by Gasteiger charge is -2.06. The minimum atomic E-state index is 0.506. The number of hydrogen-bond donors (Lipinski definition) is 0. The lowest BCUT2D eigenvalue weighted by Crippen LogP contribution is -1.85. The van der Waals surface area contributed by atoms with Gasteiger partial charge in [0.05, 0.1) is 15.7 Å². The van der Waals surface area contributed by atoms with Gasteiger partial charge in [0.1, 0.15) is 0 Å². The van der Waals surface area contributed by atoms with E-state index in [0.717, 1.165) is 18.9 Å². The lowest BCUT2D eigenvalue weighted by molar-refractivity contribution is 0.162. The van der Waals surface area contributed by atoms with Crippen molar-refractivity contribution in [1.29, 1.82) is 0 Å². The number of benzene rings is 1. The molecule has 0 atom stereocenters. The maximum atomic E-state index is 6.06. The highest BCUT2D eigenvalue weighted by Crippen LogP contribution is 2.35. The van der Waals surface area contributed by atoms with E-state index in [-0.39, 0.29) is 0 Å². The van der Waals surface area contributed by atoms with Crippen molar-refractivity contribution in [2.75, 3.05) is 13.2 Å². The van der Waals surface area contributed by atoms with E-state index in [1.54, 1.807) is 18.3 Å². The minimum absolute atomic E-state index is 0.506. The van der Waals surface area contributed by atoms with E-state index in [1.165, 1.54) is 0 Å². The first-order valence-corrected chi connectivity index (χ1v) is 7.37. The Morgan fingerprint density at radius 2 is 1.60 bits per heavy atom. The minimum Gasteiger partial charge on any atom is -0.382 e. The first-order chi connectivity index (χ1) is 9.60. The van der Waals surface area contributed by atoms with Crippen LogP contribution in [0.15, 0.2) is 36.5 Å². The standard InChI is InChI=1S/C11H6Cl3N.C4H10O/c12-7-5-8(13)11(9(14)6-7)10-3-1-2-4-15-10;1-3-5-4-2/h1-6H;3-4H2,1-2H3. The van der Waals surface area contributed by atoms with Crippen LogP contribution in [0.2, 0.25) is 15.1 Å². The van der Waals surface area contributed by atoms with Gasteiger partial charge in [0.15, 0.2) is 0 Å². The summed E-state index contributed by atoms with van der Waals surface area (Å²) < 4.78 is 4.83. The van der Waals surface area contributed by atoms with E-state index in [9.17, 15) is 0 Å². The third kappa shape index (κ3) is 5.29. The first kappa shape index (κ1) is 17.3. The van der Waals surface area contributed by atoms with Crippen molar-refractivity contribution in [2.24, 2.45) is 0 Å². The molecule has 2 nitrogen and oxygen atoms in total. The third-order valence-electron chi connectivity index (χ3n) is 2.34. The molecule has 0 amide bonds. The number of hydrogen-bond acceptors (Lipinski definition) is 2. The van der Waals surface area contributed by atoms with Crippen LogP contribution in [-0.4, -0.2) is 18.2 Å². The summed E-state index contributed by atoms with van der Waals surface area (Å²) in [6, 6.07) is 8.86. The molecule has 1 aromatic heterocycles. The molecule has 5 heteroatoms. The number of halogens is 3. The molecule has 0 saturated carbocycles. The Balaban J connectivity index is 0.000000347. The van der Waals surface area contributed by atoms with Gasteiger partial charge in [-0.2, -0.15) is 0 Å². The first-order valence-electron chi connectivity index (χ1n) is 6.23. The van der Waals surface area contributed by atoms with E-state index in [2.05, 4.69) is 4.98 Å². The van der Waals surface area contributed by atoms with Crippen molar-refractivity contribution in [3.63, 3.8) is 0 Å². The fourth-order valence-electron chi connectivity index (χ4n) is 1.50. The van der Waals surface area contributed by atoms with E-state index in [4.69, 9.17) is 39.5 Å². The highest BCUT2D eigenvalue weighted by atomic mass is 35.5. The molecule has 20 heavy (non-hydrogen) atoms. The van der Waals surface area contributed by atoms with Crippen molar-refractivity contribution in [1.82, 2.24) is 4.98 Å². The fraction of sp³-hybridized carbons (Fsp3) is 0.267. The fourth-order valence-corrected chi connectivity index (χ4v) is 2.51. The van der Waals surface area contributed by atoms with Crippen LogP contribution in [0, 0.1) is 0 Å². The molecule has 1 heterocycles. The molecule has 0 fully saturated rings. The van der Waals surface area contributed by atoms with Crippen LogP contribution in [0.1, 0.15) is 13.8 Å². The van der Waals surface area contributed by atoms with Gasteiger partial charge < -0.3 is 4.74 Å². The Hall–Kier alpha value is -0.800. The van der Waals surface area contributed by atoms with Crippen LogP contribution >= 0.6 is 34.8 Å². The quantitative estimate of drug-likeness (QED) is 0.713. The zero-order valence-electron chi connectivity index (χ0n) is 11.4. The van der Waals surface area contributed by atoms with E-state index in [0.29, 0.717) is 20.6 Å². The Kier molecular flexibility index (Phi) is 7.93. The van der Waals surface area contributed by atoms with Crippen LogP contribution < -0.4 is 0 Å². The van der Waals surface area contributed by atoms with Crippen LogP contribution in [0.4, 0.5) is 0 Å². The molecule has 108 valence electrons. The highest BCUT2D eigenvalue weighted by molar-refractivity contribution is 6.41. The van der Waals surface area contributed by atoms with Crippen LogP contribution in [0.5, 0.6) is 0 Å². The molecule has 0 saturated heterocycles. The summed E-state index contributed by atoms with van der Waals surface area (Å²) in [5, 5.41) is 1.53. The predicted molar refractivity (Wildman–Crippen MR) is 86.9 cm³/mol. The molecule has 0 unspecified atom stereocenters. The smallest absolute Gasteiger partial charge is 0.0731 e. The molecule has 0 aliphatic heterocycles.